The van der Waals surface area contributed by atoms with E-state index < -0.39 is 0 Å². The number of hydrogen-bond donors (Lipinski definition) is 0. The molecule has 0 spiro atoms. The van der Waals surface area contributed by atoms with Crippen molar-refractivity contribution in [2.75, 3.05) is 0 Å². The van der Waals surface area contributed by atoms with Crippen molar-refractivity contribution in [2.45, 2.75) is 98.6 Å². The third-order valence-electron chi connectivity index (χ3n) is 3.48. The van der Waals surface area contributed by atoms with E-state index >= 15 is 0 Å². The average Bonchev–Trinajstić information content (AvgIpc) is 2.49. The maximum absolute atomic E-state index is 5.72. The Balaban J connectivity index is 3.09. The lowest BCUT2D eigenvalue weighted by Crippen LogP contribution is -2.23. The third kappa shape index (κ3) is 7.87. The summed E-state index contributed by atoms with van der Waals surface area (Å²) < 4.78 is 0. The van der Waals surface area contributed by atoms with E-state index in [1.54, 1.807) is 0 Å². The van der Waals surface area contributed by atoms with Crippen LogP contribution in [0.1, 0.15) is 97.6 Å². The van der Waals surface area contributed by atoms with Crippen LogP contribution in [0.25, 0.3) is 0 Å². The van der Waals surface area contributed by atoms with E-state index in [4.69, 9.17) is 19.6 Å². The van der Waals surface area contributed by atoms with Gasteiger partial charge in [0.05, 0.1) is 11.2 Å². The number of aryl methyl sites for hydroxylation is 1. The Morgan fingerprint density at radius 1 is 0.840 bits per heavy atom. The monoisotopic (exact) mass is 352 g/mol. The molecule has 0 aliphatic rings. The third-order valence-corrected chi connectivity index (χ3v) is 3.48. The van der Waals surface area contributed by atoms with Crippen LogP contribution in [-0.4, -0.2) is 11.2 Å². The normalized spacial score (nSPS) is 15.2. The van der Waals surface area contributed by atoms with Gasteiger partial charge in [-0.1, -0.05) is 31.5 Å². The molecule has 0 N–H and O–H groups in total. The standard InChI is InChI=1S/C21H36O4/c1-10-12-17-13-11-14-18(15(2)22-24-20(4,5)6)19(17)16(3)23-25-21(7,8)9/h11,13-16H,10,12H2,1-9H3. The summed E-state index contributed by atoms with van der Waals surface area (Å²) >= 11 is 0. The Labute approximate surface area is 153 Å². The molecule has 0 saturated carbocycles. The van der Waals surface area contributed by atoms with Gasteiger partial charge in [0.2, 0.25) is 0 Å². The molecule has 0 aliphatic heterocycles. The molecule has 2 unspecified atom stereocenters. The highest BCUT2D eigenvalue weighted by Gasteiger charge is 2.24. The molecule has 0 fully saturated rings. The van der Waals surface area contributed by atoms with Gasteiger partial charge in [0.1, 0.15) is 12.2 Å². The van der Waals surface area contributed by atoms with Crippen molar-refractivity contribution in [3.63, 3.8) is 0 Å². The second kappa shape index (κ2) is 9.13. The van der Waals surface area contributed by atoms with Crippen molar-refractivity contribution in [1.82, 2.24) is 0 Å². The fourth-order valence-corrected chi connectivity index (χ4v) is 2.50. The first-order valence-electron chi connectivity index (χ1n) is 9.25. The second-order valence-corrected chi connectivity index (χ2v) is 8.54. The van der Waals surface area contributed by atoms with E-state index in [2.05, 4.69) is 25.1 Å². The largest absolute Gasteiger partial charge is 0.230 e. The van der Waals surface area contributed by atoms with Crippen LogP contribution in [0.5, 0.6) is 0 Å². The van der Waals surface area contributed by atoms with E-state index in [-0.39, 0.29) is 23.4 Å². The van der Waals surface area contributed by atoms with E-state index in [0.29, 0.717) is 0 Å². The van der Waals surface area contributed by atoms with E-state index in [1.165, 1.54) is 5.56 Å². The van der Waals surface area contributed by atoms with Crippen LogP contribution < -0.4 is 0 Å². The van der Waals surface area contributed by atoms with Crippen LogP contribution in [0.3, 0.4) is 0 Å². The van der Waals surface area contributed by atoms with Crippen LogP contribution in [0.15, 0.2) is 18.2 Å². The molecular weight excluding hydrogens is 316 g/mol. The molecule has 1 aromatic rings. The molecule has 0 aromatic heterocycles. The summed E-state index contributed by atoms with van der Waals surface area (Å²) in [6.45, 7) is 18.0. The highest BCUT2D eigenvalue weighted by molar-refractivity contribution is 5.38. The average molecular weight is 353 g/mol. The summed E-state index contributed by atoms with van der Waals surface area (Å²) in [5.41, 5.74) is 2.74. The lowest BCUT2D eigenvalue weighted by molar-refractivity contribution is -0.377. The topological polar surface area (TPSA) is 36.9 Å². The lowest BCUT2D eigenvalue weighted by atomic mass is 9.92. The molecule has 25 heavy (non-hydrogen) atoms. The van der Waals surface area contributed by atoms with Crippen molar-refractivity contribution < 1.29 is 19.6 Å². The van der Waals surface area contributed by atoms with Crippen LogP contribution in [-0.2, 0) is 26.0 Å². The molecule has 0 radical (unpaired) electrons. The van der Waals surface area contributed by atoms with Crippen molar-refractivity contribution in [1.29, 1.82) is 0 Å². The minimum atomic E-state index is -0.356. The molecule has 0 bridgehead atoms. The molecule has 2 atom stereocenters. The van der Waals surface area contributed by atoms with E-state index in [0.717, 1.165) is 24.0 Å². The predicted molar refractivity (Wildman–Crippen MR) is 101 cm³/mol. The zero-order valence-electron chi connectivity index (χ0n) is 17.4. The Morgan fingerprint density at radius 3 is 1.84 bits per heavy atom. The van der Waals surface area contributed by atoms with Gasteiger partial charge in [-0.15, -0.1) is 0 Å². The zero-order valence-corrected chi connectivity index (χ0v) is 17.4. The molecule has 0 heterocycles. The van der Waals surface area contributed by atoms with E-state index in [9.17, 15) is 0 Å². The van der Waals surface area contributed by atoms with Gasteiger partial charge in [-0.05, 0) is 78.5 Å². The molecule has 4 nitrogen and oxygen atoms in total. The maximum Gasteiger partial charge on any atom is 0.116 e. The highest BCUT2D eigenvalue weighted by atomic mass is 17.2. The van der Waals surface area contributed by atoms with Crippen molar-refractivity contribution >= 4 is 0 Å². The van der Waals surface area contributed by atoms with Crippen molar-refractivity contribution in [3.8, 4) is 0 Å². The van der Waals surface area contributed by atoms with Gasteiger partial charge in [0.25, 0.3) is 0 Å². The first kappa shape index (κ1) is 22.1. The SMILES string of the molecule is CCCc1cccc(C(C)OOC(C)(C)C)c1C(C)OOC(C)(C)C. The molecule has 4 heteroatoms. The fraction of sp³-hybridized carbons (Fsp3) is 0.714. The van der Waals surface area contributed by atoms with Crippen LogP contribution in [0.2, 0.25) is 0 Å². The summed E-state index contributed by atoms with van der Waals surface area (Å²) in [5, 5.41) is 0. The smallest absolute Gasteiger partial charge is 0.116 e. The molecule has 1 aromatic carbocycles. The molecule has 0 saturated heterocycles. The molecule has 144 valence electrons. The first-order valence-corrected chi connectivity index (χ1v) is 9.25. The van der Waals surface area contributed by atoms with Crippen LogP contribution >= 0.6 is 0 Å². The number of hydrogen-bond acceptors (Lipinski definition) is 4. The summed E-state index contributed by atoms with van der Waals surface area (Å²) in [6, 6.07) is 6.29. The van der Waals surface area contributed by atoms with Gasteiger partial charge < -0.3 is 0 Å². The second-order valence-electron chi connectivity index (χ2n) is 8.54. The quantitative estimate of drug-likeness (QED) is 0.409. The zero-order chi connectivity index (χ0) is 19.3. The van der Waals surface area contributed by atoms with Gasteiger partial charge in [-0.3, -0.25) is 0 Å². The Hall–Kier alpha value is -0.940. The van der Waals surface area contributed by atoms with E-state index in [1.807, 2.05) is 55.4 Å². The molecule has 1 rings (SSSR count). The minimum Gasteiger partial charge on any atom is -0.230 e. The van der Waals surface area contributed by atoms with Crippen LogP contribution in [0, 0.1) is 0 Å². The lowest BCUT2D eigenvalue weighted by Gasteiger charge is -2.27. The van der Waals surface area contributed by atoms with Crippen molar-refractivity contribution in [3.05, 3.63) is 34.9 Å². The van der Waals surface area contributed by atoms with Crippen molar-refractivity contribution in [2.24, 2.45) is 0 Å². The maximum atomic E-state index is 5.72. The first-order chi connectivity index (χ1) is 11.4. The summed E-state index contributed by atoms with van der Waals surface area (Å²) in [6.07, 6.45) is 1.65. The molecule has 0 aliphatic carbocycles. The summed E-state index contributed by atoms with van der Waals surface area (Å²) in [5.74, 6) is 0. The van der Waals surface area contributed by atoms with Gasteiger partial charge in [0, 0.05) is 0 Å². The molecular formula is C21H36O4. The summed E-state index contributed by atoms with van der Waals surface area (Å²) in [4.78, 5) is 22.5. The van der Waals surface area contributed by atoms with Gasteiger partial charge in [-0.2, -0.15) is 0 Å². The highest BCUT2D eigenvalue weighted by Crippen LogP contribution is 2.33. The van der Waals surface area contributed by atoms with Gasteiger partial charge >= 0.3 is 0 Å². The fourth-order valence-electron chi connectivity index (χ4n) is 2.50. The van der Waals surface area contributed by atoms with Gasteiger partial charge in [0.15, 0.2) is 0 Å². The van der Waals surface area contributed by atoms with Crippen LogP contribution in [0.4, 0.5) is 0 Å². The number of benzene rings is 1. The Morgan fingerprint density at radius 2 is 1.36 bits per heavy atom. The Bertz CT molecular complexity index is 526. The van der Waals surface area contributed by atoms with Gasteiger partial charge in [-0.25, -0.2) is 19.6 Å². The predicted octanol–water partition coefficient (Wildman–Crippen LogP) is 6.25. The summed E-state index contributed by atoms with van der Waals surface area (Å²) in [7, 11) is 0. The Kier molecular flexibility index (Phi) is 8.07. The number of rotatable bonds is 8. The molecule has 0 amide bonds. The minimum absolute atomic E-state index is 0.197.